The number of rotatable bonds is 3. The Balaban J connectivity index is 1.68. The van der Waals surface area contributed by atoms with Gasteiger partial charge in [-0.25, -0.2) is 0 Å². The average Bonchev–Trinajstić information content (AvgIpc) is 2.69. The quantitative estimate of drug-likeness (QED) is 0.842. The van der Waals surface area contributed by atoms with Gasteiger partial charge in [0.15, 0.2) is 0 Å². The summed E-state index contributed by atoms with van der Waals surface area (Å²) >= 11 is 5.81. The van der Waals surface area contributed by atoms with Crippen molar-refractivity contribution in [3.8, 4) is 0 Å². The number of fused-ring (bicyclic) bond motifs is 1. The molecule has 3 unspecified atom stereocenters. The molecule has 3 nitrogen and oxygen atoms in total. The maximum atomic E-state index is 11.4. The first-order valence-electron chi connectivity index (χ1n) is 6.89. The predicted molar refractivity (Wildman–Crippen MR) is 76.3 cm³/mol. The second-order valence-electron chi connectivity index (χ2n) is 5.70. The van der Waals surface area contributed by atoms with E-state index >= 15 is 0 Å². The standard InChI is InChI=1S/C16H17ClO3/c17-10-3-1-9(2-4-10)14(18)6-5-11-12-7-16(20)13(12)8-15(11)19/h1-6,11-15,18-19H,7-8H2/t11?,12-,13-,14?,15?/m0/s1. The van der Waals surface area contributed by atoms with Gasteiger partial charge in [0.1, 0.15) is 5.78 Å². The number of aliphatic hydroxyl groups is 2. The van der Waals surface area contributed by atoms with E-state index in [2.05, 4.69) is 0 Å². The number of halogens is 1. The van der Waals surface area contributed by atoms with Gasteiger partial charge in [-0.15, -0.1) is 0 Å². The fourth-order valence-corrected chi connectivity index (χ4v) is 3.42. The zero-order valence-corrected chi connectivity index (χ0v) is 11.7. The average molecular weight is 293 g/mol. The van der Waals surface area contributed by atoms with E-state index in [-0.39, 0.29) is 23.5 Å². The normalized spacial score (nSPS) is 34.0. The minimum Gasteiger partial charge on any atom is -0.392 e. The van der Waals surface area contributed by atoms with Crippen LogP contribution in [0.25, 0.3) is 0 Å². The first-order valence-corrected chi connectivity index (χ1v) is 7.26. The summed E-state index contributed by atoms with van der Waals surface area (Å²) in [5.41, 5.74) is 0.763. The molecule has 3 rings (SSSR count). The minimum absolute atomic E-state index is 0.0142. The van der Waals surface area contributed by atoms with E-state index in [0.29, 0.717) is 17.9 Å². The third kappa shape index (κ3) is 2.41. The number of hydrogen-bond donors (Lipinski definition) is 2. The lowest BCUT2D eigenvalue weighted by molar-refractivity contribution is -0.133. The number of carbonyl (C=O) groups excluding carboxylic acids is 1. The van der Waals surface area contributed by atoms with E-state index in [1.165, 1.54) is 0 Å². The lowest BCUT2D eigenvalue weighted by Crippen LogP contribution is -2.35. The Morgan fingerprint density at radius 1 is 1.30 bits per heavy atom. The molecule has 0 heterocycles. The van der Waals surface area contributed by atoms with Crippen LogP contribution < -0.4 is 0 Å². The molecule has 0 bridgehead atoms. The maximum absolute atomic E-state index is 11.4. The first-order chi connectivity index (χ1) is 9.56. The number of hydrogen-bond acceptors (Lipinski definition) is 3. The SMILES string of the molecule is O=C1C[C@H]2C(C=CC(O)c3ccc(Cl)cc3)C(O)C[C@H]12. The van der Waals surface area contributed by atoms with E-state index in [1.807, 2.05) is 6.08 Å². The maximum Gasteiger partial charge on any atom is 0.136 e. The molecule has 5 atom stereocenters. The number of ketones is 1. The zero-order valence-electron chi connectivity index (χ0n) is 10.9. The van der Waals surface area contributed by atoms with E-state index in [0.717, 1.165) is 5.56 Å². The molecule has 2 aliphatic rings. The monoisotopic (exact) mass is 292 g/mol. The molecule has 20 heavy (non-hydrogen) atoms. The van der Waals surface area contributed by atoms with Crippen LogP contribution in [0.15, 0.2) is 36.4 Å². The Bertz CT molecular complexity index is 537. The second kappa shape index (κ2) is 5.32. The van der Waals surface area contributed by atoms with Gasteiger partial charge in [-0.05, 0) is 30.0 Å². The Kier molecular flexibility index (Phi) is 3.67. The molecule has 0 aromatic heterocycles. The summed E-state index contributed by atoms with van der Waals surface area (Å²) in [6.07, 6.45) is 3.51. The van der Waals surface area contributed by atoms with Crippen molar-refractivity contribution < 1.29 is 15.0 Å². The summed E-state index contributed by atoms with van der Waals surface area (Å²) in [6.45, 7) is 0. The van der Waals surface area contributed by atoms with Gasteiger partial charge < -0.3 is 10.2 Å². The highest BCUT2D eigenvalue weighted by Gasteiger charge is 2.51. The number of benzene rings is 1. The fraction of sp³-hybridized carbons (Fsp3) is 0.438. The minimum atomic E-state index is -0.714. The van der Waals surface area contributed by atoms with Gasteiger partial charge >= 0.3 is 0 Å². The number of Topliss-reactive ketones (excluding diaryl/α,β-unsaturated/α-hetero) is 1. The third-order valence-corrected chi connectivity index (χ3v) is 4.78. The molecular weight excluding hydrogens is 276 g/mol. The molecular formula is C16H17ClO3. The largest absolute Gasteiger partial charge is 0.392 e. The molecule has 2 aliphatic carbocycles. The molecule has 0 amide bonds. The van der Waals surface area contributed by atoms with Crippen molar-refractivity contribution in [1.29, 1.82) is 0 Å². The number of aliphatic hydroxyl groups excluding tert-OH is 2. The lowest BCUT2D eigenvalue weighted by Gasteiger charge is -2.31. The van der Waals surface area contributed by atoms with Crippen LogP contribution in [-0.4, -0.2) is 22.1 Å². The summed E-state index contributed by atoms with van der Waals surface area (Å²) in [6, 6.07) is 7.02. The van der Waals surface area contributed by atoms with Crippen molar-refractivity contribution in [2.75, 3.05) is 0 Å². The van der Waals surface area contributed by atoms with Crippen molar-refractivity contribution >= 4 is 17.4 Å². The van der Waals surface area contributed by atoms with Crippen molar-refractivity contribution in [2.45, 2.75) is 25.0 Å². The highest BCUT2D eigenvalue weighted by molar-refractivity contribution is 6.30. The second-order valence-corrected chi connectivity index (χ2v) is 6.14. The van der Waals surface area contributed by atoms with Crippen LogP contribution >= 0.6 is 11.6 Å². The van der Waals surface area contributed by atoms with Crippen LogP contribution in [0.4, 0.5) is 0 Å². The molecule has 1 aromatic carbocycles. The first kappa shape index (κ1) is 13.8. The molecule has 4 heteroatoms. The van der Waals surface area contributed by atoms with Gasteiger partial charge in [-0.1, -0.05) is 35.9 Å². The van der Waals surface area contributed by atoms with Crippen LogP contribution in [-0.2, 0) is 4.79 Å². The van der Waals surface area contributed by atoms with Crippen LogP contribution in [0.1, 0.15) is 24.5 Å². The van der Waals surface area contributed by atoms with E-state index in [9.17, 15) is 15.0 Å². The topological polar surface area (TPSA) is 57.5 Å². The summed E-state index contributed by atoms with van der Waals surface area (Å²) < 4.78 is 0. The van der Waals surface area contributed by atoms with Gasteiger partial charge in [-0.2, -0.15) is 0 Å². The van der Waals surface area contributed by atoms with E-state index in [1.54, 1.807) is 30.3 Å². The molecule has 2 fully saturated rings. The van der Waals surface area contributed by atoms with Gasteiger partial charge in [0, 0.05) is 23.3 Å². The van der Waals surface area contributed by atoms with Crippen LogP contribution in [0.5, 0.6) is 0 Å². The van der Waals surface area contributed by atoms with Gasteiger partial charge in [0.2, 0.25) is 0 Å². The summed E-state index contributed by atoms with van der Waals surface area (Å²) in [7, 11) is 0. The van der Waals surface area contributed by atoms with Crippen molar-refractivity contribution in [3.05, 3.63) is 47.0 Å². The third-order valence-electron chi connectivity index (χ3n) is 4.53. The predicted octanol–water partition coefficient (Wildman–Crippen LogP) is 2.52. The van der Waals surface area contributed by atoms with Crippen LogP contribution in [0, 0.1) is 17.8 Å². The van der Waals surface area contributed by atoms with Crippen molar-refractivity contribution in [2.24, 2.45) is 17.8 Å². The molecule has 2 N–H and O–H groups in total. The fourth-order valence-electron chi connectivity index (χ4n) is 3.29. The lowest BCUT2D eigenvalue weighted by atomic mass is 9.71. The Morgan fingerprint density at radius 2 is 2.00 bits per heavy atom. The van der Waals surface area contributed by atoms with Crippen LogP contribution in [0.3, 0.4) is 0 Å². The van der Waals surface area contributed by atoms with Gasteiger partial charge in [-0.3, -0.25) is 4.79 Å². The zero-order chi connectivity index (χ0) is 14.3. The molecule has 0 radical (unpaired) electrons. The van der Waals surface area contributed by atoms with Crippen LogP contribution in [0.2, 0.25) is 5.02 Å². The van der Waals surface area contributed by atoms with Gasteiger partial charge in [0.05, 0.1) is 12.2 Å². The molecule has 2 saturated carbocycles. The van der Waals surface area contributed by atoms with Crippen molar-refractivity contribution in [1.82, 2.24) is 0 Å². The summed E-state index contributed by atoms with van der Waals surface area (Å²) in [4.78, 5) is 11.4. The summed E-state index contributed by atoms with van der Waals surface area (Å²) in [5.74, 6) is 0.543. The van der Waals surface area contributed by atoms with Gasteiger partial charge in [0.25, 0.3) is 0 Å². The van der Waals surface area contributed by atoms with E-state index in [4.69, 9.17) is 11.6 Å². The summed E-state index contributed by atoms with van der Waals surface area (Å²) in [5, 5.41) is 20.7. The highest BCUT2D eigenvalue weighted by Crippen LogP contribution is 2.48. The molecule has 1 aromatic rings. The molecule has 0 spiro atoms. The van der Waals surface area contributed by atoms with E-state index < -0.39 is 12.2 Å². The molecule has 0 saturated heterocycles. The Morgan fingerprint density at radius 3 is 2.60 bits per heavy atom. The highest BCUT2D eigenvalue weighted by atomic mass is 35.5. The molecule has 0 aliphatic heterocycles. The molecule has 106 valence electrons. The number of carbonyl (C=O) groups is 1. The smallest absolute Gasteiger partial charge is 0.136 e. The van der Waals surface area contributed by atoms with Crippen molar-refractivity contribution in [3.63, 3.8) is 0 Å². The Hall–Kier alpha value is -1.16. The Labute approximate surface area is 122 Å².